The predicted octanol–water partition coefficient (Wildman–Crippen LogP) is 4.49. The lowest BCUT2D eigenvalue weighted by Gasteiger charge is -2.19. The van der Waals surface area contributed by atoms with E-state index < -0.39 is 0 Å². The first-order valence-corrected chi connectivity index (χ1v) is 9.69. The molecular weight excluding hydrogens is 374 g/mol. The normalized spacial score (nSPS) is 13.4. The standard InChI is InChI=1S/C25H19N3O2/c26-20-15-21-23(16-7-3-1-4-8-16)24(18-9-5-2-6-10-18)27-28(21)25(30)22(20)17-11-13-19(29)14-12-17/h1-14,29H,15,26H2. The van der Waals surface area contributed by atoms with E-state index in [4.69, 9.17) is 10.8 Å². The minimum absolute atomic E-state index is 0.138. The Hall–Kier alpha value is -4.12. The Morgan fingerprint density at radius 3 is 2.03 bits per heavy atom. The Kier molecular flexibility index (Phi) is 4.21. The maximum Gasteiger partial charge on any atom is 0.280 e. The molecule has 2 heterocycles. The van der Waals surface area contributed by atoms with Gasteiger partial charge in [0.1, 0.15) is 11.4 Å². The number of carbonyl (C=O) groups excluding carboxylic acids is 1. The zero-order chi connectivity index (χ0) is 20.7. The van der Waals surface area contributed by atoms with Gasteiger partial charge in [0.2, 0.25) is 0 Å². The van der Waals surface area contributed by atoms with Gasteiger partial charge < -0.3 is 10.8 Å². The predicted molar refractivity (Wildman–Crippen MR) is 117 cm³/mol. The SMILES string of the molecule is NC1=C(c2ccc(O)cc2)C(=O)n2nc(-c3ccccc3)c(-c3ccccc3)c2C1. The minimum atomic E-state index is -0.265. The number of phenolic OH excluding ortho intramolecular Hbond substituents is 1. The number of aromatic hydroxyl groups is 1. The van der Waals surface area contributed by atoms with Crippen LogP contribution in [0.5, 0.6) is 5.75 Å². The van der Waals surface area contributed by atoms with Gasteiger partial charge in [0.15, 0.2) is 0 Å². The van der Waals surface area contributed by atoms with Crippen LogP contribution in [-0.2, 0) is 6.42 Å². The molecule has 4 aromatic rings. The van der Waals surface area contributed by atoms with E-state index in [-0.39, 0.29) is 11.7 Å². The first kappa shape index (κ1) is 17.9. The molecule has 0 saturated heterocycles. The molecule has 3 N–H and O–H groups in total. The number of benzene rings is 3. The number of allylic oxidation sites excluding steroid dienone is 2. The summed E-state index contributed by atoms with van der Waals surface area (Å²) >= 11 is 0. The summed E-state index contributed by atoms with van der Waals surface area (Å²) in [5.74, 6) is -0.127. The number of hydrogen-bond donors (Lipinski definition) is 2. The summed E-state index contributed by atoms with van der Waals surface area (Å²) < 4.78 is 1.48. The molecule has 3 aromatic carbocycles. The lowest BCUT2D eigenvalue weighted by molar-refractivity contribution is 0.0958. The molecule has 0 unspecified atom stereocenters. The Morgan fingerprint density at radius 1 is 0.800 bits per heavy atom. The molecule has 5 nitrogen and oxygen atoms in total. The minimum Gasteiger partial charge on any atom is -0.508 e. The molecule has 0 saturated carbocycles. The lowest BCUT2D eigenvalue weighted by atomic mass is 9.93. The van der Waals surface area contributed by atoms with Crippen LogP contribution in [0.1, 0.15) is 16.1 Å². The van der Waals surface area contributed by atoms with Gasteiger partial charge in [-0.15, -0.1) is 0 Å². The number of carbonyl (C=O) groups is 1. The Labute approximate surface area is 173 Å². The van der Waals surface area contributed by atoms with Crippen molar-refractivity contribution < 1.29 is 9.90 Å². The Bertz CT molecular complexity index is 1270. The molecule has 1 aromatic heterocycles. The number of nitrogens with zero attached hydrogens (tertiary/aromatic N) is 2. The third kappa shape index (κ3) is 2.88. The van der Waals surface area contributed by atoms with Gasteiger partial charge in [-0.05, 0) is 23.3 Å². The van der Waals surface area contributed by atoms with Crippen LogP contribution in [-0.4, -0.2) is 20.8 Å². The topological polar surface area (TPSA) is 81.1 Å². The second-order valence-electron chi connectivity index (χ2n) is 7.24. The fraction of sp³-hybridized carbons (Fsp3) is 0.0400. The van der Waals surface area contributed by atoms with Crippen molar-refractivity contribution in [3.8, 4) is 28.1 Å². The van der Waals surface area contributed by atoms with Gasteiger partial charge >= 0.3 is 0 Å². The van der Waals surface area contributed by atoms with Crippen LogP contribution >= 0.6 is 0 Å². The molecule has 1 aliphatic heterocycles. The summed E-state index contributed by atoms with van der Waals surface area (Å²) in [6, 6.07) is 26.3. The van der Waals surface area contributed by atoms with E-state index in [0.717, 1.165) is 28.1 Å². The molecule has 5 rings (SSSR count). The van der Waals surface area contributed by atoms with Crippen molar-refractivity contribution in [1.82, 2.24) is 9.78 Å². The maximum absolute atomic E-state index is 13.4. The number of nitrogens with two attached hydrogens (primary N) is 1. The van der Waals surface area contributed by atoms with Crippen molar-refractivity contribution in [3.05, 3.63) is 102 Å². The molecule has 1 aliphatic rings. The number of hydrogen-bond acceptors (Lipinski definition) is 4. The molecule has 0 fully saturated rings. The number of rotatable bonds is 3. The van der Waals surface area contributed by atoms with E-state index in [1.807, 2.05) is 60.7 Å². The quantitative estimate of drug-likeness (QED) is 0.537. The van der Waals surface area contributed by atoms with Crippen molar-refractivity contribution in [1.29, 1.82) is 0 Å². The second kappa shape index (κ2) is 7.04. The third-order valence-electron chi connectivity index (χ3n) is 5.33. The number of fused-ring (bicyclic) bond motifs is 1. The van der Waals surface area contributed by atoms with Crippen LogP contribution in [0, 0.1) is 0 Å². The van der Waals surface area contributed by atoms with Gasteiger partial charge in [-0.25, -0.2) is 0 Å². The Balaban J connectivity index is 1.72. The van der Waals surface area contributed by atoms with Crippen LogP contribution < -0.4 is 5.73 Å². The largest absolute Gasteiger partial charge is 0.508 e. The van der Waals surface area contributed by atoms with Crippen molar-refractivity contribution in [3.63, 3.8) is 0 Å². The monoisotopic (exact) mass is 393 g/mol. The average molecular weight is 393 g/mol. The van der Waals surface area contributed by atoms with Crippen LogP contribution in [0.2, 0.25) is 0 Å². The fourth-order valence-corrected chi connectivity index (χ4v) is 3.94. The molecule has 0 amide bonds. The molecule has 0 spiro atoms. The van der Waals surface area contributed by atoms with Crippen LogP contribution in [0.25, 0.3) is 28.0 Å². The highest BCUT2D eigenvalue weighted by molar-refractivity contribution is 6.22. The van der Waals surface area contributed by atoms with E-state index >= 15 is 0 Å². The highest BCUT2D eigenvalue weighted by atomic mass is 16.3. The molecule has 30 heavy (non-hydrogen) atoms. The first-order chi connectivity index (χ1) is 14.6. The van der Waals surface area contributed by atoms with Crippen LogP contribution in [0.4, 0.5) is 0 Å². The smallest absolute Gasteiger partial charge is 0.280 e. The van der Waals surface area contributed by atoms with Crippen molar-refractivity contribution in [2.45, 2.75) is 6.42 Å². The maximum atomic E-state index is 13.4. The van der Waals surface area contributed by atoms with Crippen molar-refractivity contribution in [2.75, 3.05) is 0 Å². The summed E-state index contributed by atoms with van der Waals surface area (Å²) in [5, 5.41) is 14.3. The summed E-state index contributed by atoms with van der Waals surface area (Å²) in [5.41, 5.74) is 12.4. The highest BCUT2D eigenvalue weighted by Gasteiger charge is 2.31. The van der Waals surface area contributed by atoms with E-state index in [1.54, 1.807) is 24.3 Å². The molecular formula is C25H19N3O2. The zero-order valence-electron chi connectivity index (χ0n) is 16.1. The van der Waals surface area contributed by atoms with E-state index in [1.165, 1.54) is 4.68 Å². The van der Waals surface area contributed by atoms with Gasteiger partial charge in [0, 0.05) is 23.2 Å². The average Bonchev–Trinajstić information content (AvgIpc) is 3.16. The van der Waals surface area contributed by atoms with Crippen molar-refractivity contribution >= 4 is 11.5 Å². The highest BCUT2D eigenvalue weighted by Crippen LogP contribution is 2.38. The molecule has 146 valence electrons. The van der Waals surface area contributed by atoms with Gasteiger partial charge in [-0.3, -0.25) is 4.79 Å². The summed E-state index contributed by atoms with van der Waals surface area (Å²) in [6.45, 7) is 0. The first-order valence-electron chi connectivity index (χ1n) is 9.69. The van der Waals surface area contributed by atoms with Gasteiger partial charge in [0.05, 0.1) is 11.3 Å². The van der Waals surface area contributed by atoms with E-state index in [0.29, 0.717) is 23.3 Å². The molecule has 0 aliphatic carbocycles. The van der Waals surface area contributed by atoms with Gasteiger partial charge in [0.25, 0.3) is 5.91 Å². The molecule has 0 atom stereocenters. The van der Waals surface area contributed by atoms with Crippen LogP contribution in [0.15, 0.2) is 90.6 Å². The lowest BCUT2D eigenvalue weighted by Crippen LogP contribution is -2.26. The second-order valence-corrected chi connectivity index (χ2v) is 7.24. The van der Waals surface area contributed by atoms with E-state index in [2.05, 4.69) is 0 Å². The molecule has 5 heteroatoms. The third-order valence-corrected chi connectivity index (χ3v) is 5.33. The summed E-state index contributed by atoms with van der Waals surface area (Å²) in [7, 11) is 0. The van der Waals surface area contributed by atoms with Gasteiger partial charge in [-0.2, -0.15) is 9.78 Å². The summed E-state index contributed by atoms with van der Waals surface area (Å²) in [6.07, 6.45) is 0.409. The summed E-state index contributed by atoms with van der Waals surface area (Å²) in [4.78, 5) is 13.4. The molecule has 0 bridgehead atoms. The van der Waals surface area contributed by atoms with Crippen LogP contribution in [0.3, 0.4) is 0 Å². The van der Waals surface area contributed by atoms with Gasteiger partial charge in [-0.1, -0.05) is 72.8 Å². The molecule has 0 radical (unpaired) electrons. The Morgan fingerprint density at radius 2 is 1.40 bits per heavy atom. The van der Waals surface area contributed by atoms with E-state index in [9.17, 15) is 9.90 Å². The number of aromatic nitrogens is 2. The zero-order valence-corrected chi connectivity index (χ0v) is 16.1. The van der Waals surface area contributed by atoms with Crippen molar-refractivity contribution in [2.24, 2.45) is 5.73 Å². The number of phenols is 1. The fourth-order valence-electron chi connectivity index (χ4n) is 3.94.